The van der Waals surface area contributed by atoms with Gasteiger partial charge in [0, 0.05) is 38.1 Å². The van der Waals surface area contributed by atoms with Crippen molar-refractivity contribution < 1.29 is 4.79 Å². The number of anilines is 3. The predicted molar refractivity (Wildman–Crippen MR) is 114 cm³/mol. The second-order valence-corrected chi connectivity index (χ2v) is 7.15. The maximum atomic E-state index is 12.8. The van der Waals surface area contributed by atoms with Gasteiger partial charge in [0.25, 0.3) is 5.91 Å². The van der Waals surface area contributed by atoms with Gasteiger partial charge in [0.05, 0.1) is 12.4 Å². The summed E-state index contributed by atoms with van der Waals surface area (Å²) in [7, 11) is 0. The van der Waals surface area contributed by atoms with E-state index in [-0.39, 0.29) is 5.91 Å². The van der Waals surface area contributed by atoms with Gasteiger partial charge in [-0.1, -0.05) is 24.3 Å². The molecule has 4 rings (SSSR count). The Morgan fingerprint density at radius 3 is 2.28 bits per heavy atom. The van der Waals surface area contributed by atoms with E-state index in [2.05, 4.69) is 25.2 Å². The lowest BCUT2D eigenvalue weighted by molar-refractivity contribution is 0.0740. The van der Waals surface area contributed by atoms with Crippen LogP contribution in [0, 0.1) is 13.8 Å². The molecule has 3 aromatic rings. The van der Waals surface area contributed by atoms with Crippen molar-refractivity contribution in [1.29, 1.82) is 0 Å². The minimum Gasteiger partial charge on any atom is -0.353 e. The number of para-hydroxylation sites is 1. The van der Waals surface area contributed by atoms with Crippen molar-refractivity contribution >= 4 is 23.2 Å². The molecule has 1 saturated heterocycles. The Morgan fingerprint density at radius 1 is 0.897 bits per heavy atom. The van der Waals surface area contributed by atoms with Gasteiger partial charge >= 0.3 is 0 Å². The van der Waals surface area contributed by atoms with Gasteiger partial charge in [-0.2, -0.15) is 0 Å². The van der Waals surface area contributed by atoms with E-state index in [1.54, 1.807) is 18.6 Å². The van der Waals surface area contributed by atoms with Crippen molar-refractivity contribution in [3.05, 3.63) is 71.8 Å². The van der Waals surface area contributed by atoms with Gasteiger partial charge < -0.3 is 15.1 Å². The Labute approximate surface area is 170 Å². The summed E-state index contributed by atoms with van der Waals surface area (Å²) in [4.78, 5) is 29.9. The monoisotopic (exact) mass is 388 g/mol. The summed E-state index contributed by atoms with van der Waals surface area (Å²) in [6.45, 7) is 6.88. The Balaban J connectivity index is 1.39. The second-order valence-electron chi connectivity index (χ2n) is 7.15. The Hall–Kier alpha value is -3.48. The first-order valence-corrected chi connectivity index (χ1v) is 9.72. The largest absolute Gasteiger partial charge is 0.353 e. The van der Waals surface area contributed by atoms with Crippen molar-refractivity contribution in [2.75, 3.05) is 36.4 Å². The summed E-state index contributed by atoms with van der Waals surface area (Å²) >= 11 is 0. The molecule has 7 heteroatoms. The van der Waals surface area contributed by atoms with Crippen molar-refractivity contribution in [3.8, 4) is 0 Å². The highest BCUT2D eigenvalue weighted by atomic mass is 16.2. The van der Waals surface area contributed by atoms with E-state index in [0.717, 1.165) is 35.7 Å². The highest BCUT2D eigenvalue weighted by molar-refractivity contribution is 5.92. The van der Waals surface area contributed by atoms with Crippen LogP contribution >= 0.6 is 0 Å². The molecule has 1 aromatic carbocycles. The van der Waals surface area contributed by atoms with Gasteiger partial charge in [-0.25, -0.2) is 15.0 Å². The van der Waals surface area contributed by atoms with Crippen LogP contribution in [0.25, 0.3) is 0 Å². The smallest absolute Gasteiger partial charge is 0.274 e. The third kappa shape index (κ3) is 4.18. The summed E-state index contributed by atoms with van der Waals surface area (Å²) in [5, 5.41) is 3.30. The summed E-state index contributed by atoms with van der Waals surface area (Å²) in [5.74, 6) is 1.48. The number of nitrogens with one attached hydrogen (secondary N) is 1. The summed E-state index contributed by atoms with van der Waals surface area (Å²) in [5.41, 5.74) is 3.66. The average molecular weight is 388 g/mol. The molecule has 0 saturated carbocycles. The minimum absolute atomic E-state index is 0.0863. The molecule has 1 N–H and O–H groups in total. The molecular weight excluding hydrogens is 364 g/mol. The first-order chi connectivity index (χ1) is 14.1. The lowest BCUT2D eigenvalue weighted by Crippen LogP contribution is -2.49. The van der Waals surface area contributed by atoms with Gasteiger partial charge in [0.1, 0.15) is 17.3 Å². The highest BCUT2D eigenvalue weighted by Gasteiger charge is 2.23. The standard InChI is InChI=1S/C22H24N6O/c1-16-6-5-7-17(2)21(16)26-19-15-24-18(14-25-19)22(29)28-12-10-27(11-13-28)20-8-3-4-9-23-20/h3-9,14-15H,10-13H2,1-2H3,(H,25,26). The number of piperazine rings is 1. The Kier molecular flexibility index (Phi) is 5.37. The van der Waals surface area contributed by atoms with Crippen LogP contribution in [0.5, 0.6) is 0 Å². The molecule has 0 radical (unpaired) electrons. The van der Waals surface area contributed by atoms with E-state index < -0.39 is 0 Å². The zero-order chi connectivity index (χ0) is 20.2. The fourth-order valence-electron chi connectivity index (χ4n) is 3.48. The molecule has 148 valence electrons. The number of benzene rings is 1. The van der Waals surface area contributed by atoms with E-state index in [0.29, 0.717) is 24.6 Å². The third-order valence-corrected chi connectivity index (χ3v) is 5.15. The first kappa shape index (κ1) is 18.9. The second kappa shape index (κ2) is 8.26. The van der Waals surface area contributed by atoms with Crippen LogP contribution in [-0.4, -0.2) is 51.9 Å². The van der Waals surface area contributed by atoms with Crippen LogP contribution in [-0.2, 0) is 0 Å². The van der Waals surface area contributed by atoms with Crippen LogP contribution in [0.2, 0.25) is 0 Å². The quantitative estimate of drug-likeness (QED) is 0.740. The molecule has 1 aliphatic heterocycles. The van der Waals surface area contributed by atoms with E-state index in [4.69, 9.17) is 0 Å². The van der Waals surface area contributed by atoms with Crippen molar-refractivity contribution in [2.45, 2.75) is 13.8 Å². The van der Waals surface area contributed by atoms with E-state index in [1.165, 1.54) is 0 Å². The van der Waals surface area contributed by atoms with Gasteiger partial charge in [-0.3, -0.25) is 4.79 Å². The SMILES string of the molecule is Cc1cccc(C)c1Nc1cnc(C(=O)N2CCN(c3ccccn3)CC2)cn1. The van der Waals surface area contributed by atoms with Crippen LogP contribution in [0.15, 0.2) is 55.0 Å². The van der Waals surface area contributed by atoms with E-state index >= 15 is 0 Å². The van der Waals surface area contributed by atoms with Gasteiger partial charge in [0.15, 0.2) is 0 Å². The predicted octanol–water partition coefficient (Wildman–Crippen LogP) is 3.19. The number of carbonyl (C=O) groups is 1. The van der Waals surface area contributed by atoms with Crippen LogP contribution in [0.3, 0.4) is 0 Å². The molecule has 0 bridgehead atoms. The van der Waals surface area contributed by atoms with E-state index in [1.807, 2.05) is 55.1 Å². The fraction of sp³-hybridized carbons (Fsp3) is 0.273. The number of aryl methyl sites for hydroxylation is 2. The summed E-state index contributed by atoms with van der Waals surface area (Å²) in [6, 6.07) is 12.0. The van der Waals surface area contributed by atoms with Gasteiger partial charge in [-0.05, 0) is 37.1 Å². The Morgan fingerprint density at radius 2 is 1.66 bits per heavy atom. The molecule has 1 aliphatic rings. The van der Waals surface area contributed by atoms with Gasteiger partial charge in [-0.15, -0.1) is 0 Å². The lowest BCUT2D eigenvalue weighted by Gasteiger charge is -2.35. The molecule has 0 atom stereocenters. The number of carbonyl (C=O) groups excluding carboxylic acids is 1. The van der Waals surface area contributed by atoms with Crippen LogP contribution in [0.4, 0.5) is 17.3 Å². The van der Waals surface area contributed by atoms with Crippen molar-refractivity contribution in [3.63, 3.8) is 0 Å². The topological polar surface area (TPSA) is 74.2 Å². The molecule has 1 fully saturated rings. The van der Waals surface area contributed by atoms with Crippen LogP contribution < -0.4 is 10.2 Å². The average Bonchev–Trinajstić information content (AvgIpc) is 2.77. The number of hydrogen-bond acceptors (Lipinski definition) is 6. The maximum absolute atomic E-state index is 12.8. The summed E-state index contributed by atoms with van der Waals surface area (Å²) in [6.07, 6.45) is 4.95. The number of rotatable bonds is 4. The van der Waals surface area contributed by atoms with Crippen LogP contribution in [0.1, 0.15) is 21.6 Å². The zero-order valence-corrected chi connectivity index (χ0v) is 16.7. The number of hydrogen-bond donors (Lipinski definition) is 1. The fourth-order valence-corrected chi connectivity index (χ4v) is 3.48. The maximum Gasteiger partial charge on any atom is 0.274 e. The molecule has 0 unspecified atom stereocenters. The summed E-state index contributed by atoms with van der Waals surface area (Å²) < 4.78 is 0. The number of nitrogens with zero attached hydrogens (tertiary/aromatic N) is 5. The molecule has 7 nitrogen and oxygen atoms in total. The molecular formula is C22H24N6O. The molecule has 1 amide bonds. The molecule has 0 spiro atoms. The molecule has 3 heterocycles. The van der Waals surface area contributed by atoms with Gasteiger partial charge in [0.2, 0.25) is 0 Å². The normalized spacial score (nSPS) is 14.0. The minimum atomic E-state index is -0.0863. The Bertz CT molecular complexity index is 962. The molecule has 0 aliphatic carbocycles. The number of amides is 1. The third-order valence-electron chi connectivity index (χ3n) is 5.15. The van der Waals surface area contributed by atoms with Crippen molar-refractivity contribution in [1.82, 2.24) is 19.9 Å². The number of pyridine rings is 1. The highest BCUT2D eigenvalue weighted by Crippen LogP contribution is 2.23. The first-order valence-electron chi connectivity index (χ1n) is 9.72. The lowest BCUT2D eigenvalue weighted by atomic mass is 10.1. The molecule has 2 aromatic heterocycles. The zero-order valence-electron chi connectivity index (χ0n) is 16.7. The van der Waals surface area contributed by atoms with E-state index in [9.17, 15) is 4.79 Å². The number of aromatic nitrogens is 3. The molecule has 29 heavy (non-hydrogen) atoms. The van der Waals surface area contributed by atoms with Crippen molar-refractivity contribution in [2.24, 2.45) is 0 Å².